The summed E-state index contributed by atoms with van der Waals surface area (Å²) in [5, 5.41) is 3.60. The molecule has 1 aliphatic heterocycles. The Balaban J connectivity index is 1.44. The highest BCUT2D eigenvalue weighted by Crippen LogP contribution is 2.18. The predicted octanol–water partition coefficient (Wildman–Crippen LogP) is 2.97. The summed E-state index contributed by atoms with van der Waals surface area (Å²) >= 11 is 0. The Labute approximate surface area is 128 Å². The number of rotatable bonds is 5. The van der Waals surface area contributed by atoms with Gasteiger partial charge in [-0.1, -0.05) is 24.3 Å². The van der Waals surface area contributed by atoms with Gasteiger partial charge in [0.25, 0.3) is 0 Å². The maximum atomic E-state index is 5.40. The molecule has 1 saturated heterocycles. The molecule has 1 aliphatic carbocycles. The van der Waals surface area contributed by atoms with Gasteiger partial charge in [0.05, 0.1) is 13.2 Å². The molecule has 2 aliphatic rings. The van der Waals surface area contributed by atoms with Crippen LogP contribution in [0.4, 0.5) is 5.69 Å². The Bertz CT molecular complexity index is 449. The first-order chi connectivity index (χ1) is 10.4. The third kappa shape index (κ3) is 4.32. The standard InChI is InChI=1S/C18H26N2O/c1-2-4-16(5-3-1)14-19-15-17-6-8-18(9-7-17)20-10-12-21-13-11-20/h1-2,6-9,16,19H,3-5,10-15H2. The molecule has 0 spiro atoms. The van der Waals surface area contributed by atoms with Crippen LogP contribution in [0.1, 0.15) is 24.8 Å². The largest absolute Gasteiger partial charge is 0.378 e. The van der Waals surface area contributed by atoms with Gasteiger partial charge in [0.15, 0.2) is 0 Å². The number of nitrogens with one attached hydrogen (secondary N) is 1. The van der Waals surface area contributed by atoms with Crippen LogP contribution in [0.5, 0.6) is 0 Å². The van der Waals surface area contributed by atoms with Crippen LogP contribution in [0.3, 0.4) is 0 Å². The first-order valence-corrected chi connectivity index (χ1v) is 8.19. The third-order valence-corrected chi connectivity index (χ3v) is 4.45. The molecular formula is C18H26N2O. The van der Waals surface area contributed by atoms with Crippen molar-refractivity contribution in [3.63, 3.8) is 0 Å². The van der Waals surface area contributed by atoms with Crippen molar-refractivity contribution in [3.8, 4) is 0 Å². The summed E-state index contributed by atoms with van der Waals surface area (Å²) in [4.78, 5) is 2.40. The molecule has 0 amide bonds. The minimum atomic E-state index is 0.822. The molecule has 21 heavy (non-hydrogen) atoms. The smallest absolute Gasteiger partial charge is 0.0642 e. The Kier molecular flexibility index (Phi) is 5.30. The van der Waals surface area contributed by atoms with E-state index in [4.69, 9.17) is 4.74 Å². The average molecular weight is 286 g/mol. The van der Waals surface area contributed by atoms with Crippen LogP contribution < -0.4 is 10.2 Å². The first-order valence-electron chi connectivity index (χ1n) is 8.19. The van der Waals surface area contributed by atoms with Crippen LogP contribution in [0.25, 0.3) is 0 Å². The van der Waals surface area contributed by atoms with Crippen molar-refractivity contribution in [2.24, 2.45) is 5.92 Å². The number of hydrogen-bond donors (Lipinski definition) is 1. The molecule has 0 aromatic heterocycles. The zero-order chi connectivity index (χ0) is 14.3. The fraction of sp³-hybridized carbons (Fsp3) is 0.556. The molecule has 3 heteroatoms. The Morgan fingerprint density at radius 1 is 1.10 bits per heavy atom. The molecule has 114 valence electrons. The number of anilines is 1. The summed E-state index contributed by atoms with van der Waals surface area (Å²) in [5.74, 6) is 0.822. The molecule has 1 unspecified atom stereocenters. The molecule has 1 atom stereocenters. The number of morpholine rings is 1. The van der Waals surface area contributed by atoms with Crippen LogP contribution in [0.15, 0.2) is 36.4 Å². The van der Waals surface area contributed by atoms with Gasteiger partial charge in [-0.2, -0.15) is 0 Å². The van der Waals surface area contributed by atoms with Crippen LogP contribution in [-0.4, -0.2) is 32.8 Å². The summed E-state index contributed by atoms with van der Waals surface area (Å²) in [6.45, 7) is 5.82. The number of hydrogen-bond acceptors (Lipinski definition) is 3. The maximum absolute atomic E-state index is 5.40. The van der Waals surface area contributed by atoms with E-state index in [-0.39, 0.29) is 0 Å². The lowest BCUT2D eigenvalue weighted by molar-refractivity contribution is 0.122. The lowest BCUT2D eigenvalue weighted by Crippen LogP contribution is -2.36. The van der Waals surface area contributed by atoms with Gasteiger partial charge in [0.1, 0.15) is 0 Å². The molecule has 0 bridgehead atoms. The van der Waals surface area contributed by atoms with E-state index in [1.165, 1.54) is 30.5 Å². The molecule has 1 aromatic rings. The molecule has 3 nitrogen and oxygen atoms in total. The summed E-state index contributed by atoms with van der Waals surface area (Å²) in [5.41, 5.74) is 2.69. The van der Waals surface area contributed by atoms with Gasteiger partial charge in [0, 0.05) is 25.3 Å². The van der Waals surface area contributed by atoms with Crippen LogP contribution in [-0.2, 0) is 11.3 Å². The molecule has 0 radical (unpaired) electrons. The van der Waals surface area contributed by atoms with E-state index < -0.39 is 0 Å². The van der Waals surface area contributed by atoms with Gasteiger partial charge in [-0.25, -0.2) is 0 Å². The van der Waals surface area contributed by atoms with Crippen molar-refractivity contribution in [2.75, 3.05) is 37.7 Å². The molecule has 1 heterocycles. The molecule has 1 fully saturated rings. The van der Waals surface area contributed by atoms with E-state index >= 15 is 0 Å². The maximum Gasteiger partial charge on any atom is 0.0642 e. The SMILES string of the molecule is C1=CCC(CNCc2ccc(N3CCOCC3)cc2)CC1. The van der Waals surface area contributed by atoms with Crippen molar-refractivity contribution >= 4 is 5.69 Å². The van der Waals surface area contributed by atoms with Crippen molar-refractivity contribution in [3.05, 3.63) is 42.0 Å². The van der Waals surface area contributed by atoms with Crippen LogP contribution >= 0.6 is 0 Å². The zero-order valence-electron chi connectivity index (χ0n) is 12.8. The Hall–Kier alpha value is -1.32. The highest BCUT2D eigenvalue weighted by atomic mass is 16.5. The summed E-state index contributed by atoms with van der Waals surface area (Å²) in [6, 6.07) is 8.98. The molecular weight excluding hydrogens is 260 g/mol. The van der Waals surface area contributed by atoms with E-state index in [0.29, 0.717) is 0 Å². The topological polar surface area (TPSA) is 24.5 Å². The lowest BCUT2D eigenvalue weighted by Gasteiger charge is -2.29. The van der Waals surface area contributed by atoms with Crippen molar-refractivity contribution in [2.45, 2.75) is 25.8 Å². The second kappa shape index (κ2) is 7.62. The lowest BCUT2D eigenvalue weighted by atomic mass is 9.94. The van der Waals surface area contributed by atoms with Crippen molar-refractivity contribution in [1.29, 1.82) is 0 Å². The Morgan fingerprint density at radius 3 is 2.62 bits per heavy atom. The normalized spacial score (nSPS) is 22.5. The summed E-state index contributed by atoms with van der Waals surface area (Å²) < 4.78 is 5.40. The van der Waals surface area contributed by atoms with E-state index in [9.17, 15) is 0 Å². The zero-order valence-corrected chi connectivity index (χ0v) is 12.8. The van der Waals surface area contributed by atoms with Gasteiger partial charge in [0.2, 0.25) is 0 Å². The van der Waals surface area contributed by atoms with Gasteiger partial charge in [-0.3, -0.25) is 0 Å². The molecule has 1 N–H and O–H groups in total. The fourth-order valence-corrected chi connectivity index (χ4v) is 3.11. The second-order valence-electron chi connectivity index (χ2n) is 6.05. The minimum Gasteiger partial charge on any atom is -0.378 e. The Morgan fingerprint density at radius 2 is 1.90 bits per heavy atom. The van der Waals surface area contributed by atoms with E-state index in [1.54, 1.807) is 0 Å². The van der Waals surface area contributed by atoms with E-state index in [1.807, 2.05) is 0 Å². The number of ether oxygens (including phenoxy) is 1. The molecule has 0 saturated carbocycles. The highest BCUT2D eigenvalue weighted by molar-refractivity contribution is 5.47. The van der Waals surface area contributed by atoms with Gasteiger partial charge < -0.3 is 15.0 Å². The predicted molar refractivity (Wildman–Crippen MR) is 87.7 cm³/mol. The minimum absolute atomic E-state index is 0.822. The molecule has 3 rings (SSSR count). The monoisotopic (exact) mass is 286 g/mol. The van der Waals surface area contributed by atoms with Crippen LogP contribution in [0.2, 0.25) is 0 Å². The summed E-state index contributed by atoms with van der Waals surface area (Å²) in [6.07, 6.45) is 8.46. The first kappa shape index (κ1) is 14.6. The average Bonchev–Trinajstić information content (AvgIpc) is 2.57. The highest BCUT2D eigenvalue weighted by Gasteiger charge is 2.11. The fourth-order valence-electron chi connectivity index (χ4n) is 3.11. The van der Waals surface area contributed by atoms with Crippen molar-refractivity contribution < 1.29 is 4.74 Å². The van der Waals surface area contributed by atoms with E-state index in [2.05, 4.69) is 46.6 Å². The number of benzene rings is 1. The summed E-state index contributed by atoms with van der Waals surface area (Å²) in [7, 11) is 0. The molecule has 1 aromatic carbocycles. The quantitative estimate of drug-likeness (QED) is 0.842. The third-order valence-electron chi connectivity index (χ3n) is 4.45. The van der Waals surface area contributed by atoms with Gasteiger partial charge >= 0.3 is 0 Å². The van der Waals surface area contributed by atoms with Crippen LogP contribution in [0, 0.1) is 5.92 Å². The van der Waals surface area contributed by atoms with Gasteiger partial charge in [-0.05, 0) is 49.4 Å². The van der Waals surface area contributed by atoms with E-state index in [0.717, 1.165) is 45.3 Å². The van der Waals surface area contributed by atoms with Gasteiger partial charge in [-0.15, -0.1) is 0 Å². The second-order valence-corrected chi connectivity index (χ2v) is 6.05. The van der Waals surface area contributed by atoms with Crippen molar-refractivity contribution in [1.82, 2.24) is 5.32 Å². The number of allylic oxidation sites excluding steroid dienone is 2. The number of nitrogens with zero attached hydrogens (tertiary/aromatic N) is 1.